The predicted octanol–water partition coefficient (Wildman–Crippen LogP) is 3.48. The standard InChI is InChI=1S/C23H21N5O2/c1-13-21-19(12-30-13)18-8-15(3-7-20(18)27-22(21)25)23(29)28(17-5-6-17)11-16-4-2-14(9-24)10-26-16/h2-4,7-8,10,13,17H,5-6,11-12H2,1H3,(H2,25,27)/t13-/m1/s1. The molecular weight excluding hydrogens is 378 g/mol. The number of rotatable bonds is 4. The lowest BCUT2D eigenvalue weighted by Gasteiger charge is -2.22. The summed E-state index contributed by atoms with van der Waals surface area (Å²) in [5, 5.41) is 9.87. The summed E-state index contributed by atoms with van der Waals surface area (Å²) in [6.45, 7) is 2.86. The van der Waals surface area contributed by atoms with E-state index in [0.717, 1.165) is 40.6 Å². The molecule has 2 aliphatic rings. The van der Waals surface area contributed by atoms with Crippen LogP contribution in [0.2, 0.25) is 0 Å². The van der Waals surface area contributed by atoms with E-state index in [2.05, 4.69) is 16.0 Å². The number of nitrogens with zero attached hydrogens (tertiary/aromatic N) is 4. The number of nitrogen functional groups attached to an aromatic ring is 1. The number of carbonyl (C=O) groups is 1. The second-order valence-corrected chi connectivity index (χ2v) is 7.89. The number of hydrogen-bond acceptors (Lipinski definition) is 6. The molecule has 1 atom stereocenters. The molecule has 1 fully saturated rings. The van der Waals surface area contributed by atoms with Gasteiger partial charge in [-0.3, -0.25) is 9.78 Å². The number of aromatic nitrogens is 2. The monoisotopic (exact) mass is 399 g/mol. The molecular formula is C23H21N5O2. The van der Waals surface area contributed by atoms with Crippen LogP contribution in [-0.4, -0.2) is 26.8 Å². The number of nitriles is 1. The summed E-state index contributed by atoms with van der Waals surface area (Å²) >= 11 is 0. The second-order valence-electron chi connectivity index (χ2n) is 7.89. The Kier molecular flexibility index (Phi) is 4.37. The Hall–Kier alpha value is -3.50. The van der Waals surface area contributed by atoms with Gasteiger partial charge in [-0.1, -0.05) is 0 Å². The Labute approximate surface area is 174 Å². The first-order chi connectivity index (χ1) is 14.5. The molecule has 3 aromatic rings. The molecule has 0 saturated heterocycles. The summed E-state index contributed by atoms with van der Waals surface area (Å²) in [4.78, 5) is 24.1. The zero-order chi connectivity index (χ0) is 20.8. The summed E-state index contributed by atoms with van der Waals surface area (Å²) in [6.07, 6.45) is 3.44. The molecule has 0 spiro atoms. The molecule has 2 N–H and O–H groups in total. The molecule has 1 aromatic carbocycles. The summed E-state index contributed by atoms with van der Waals surface area (Å²) in [6, 6.07) is 11.4. The van der Waals surface area contributed by atoms with Crippen LogP contribution < -0.4 is 5.73 Å². The van der Waals surface area contributed by atoms with Gasteiger partial charge in [-0.05, 0) is 55.7 Å². The maximum absolute atomic E-state index is 13.4. The Bertz CT molecular complexity index is 1190. The third-order valence-electron chi connectivity index (χ3n) is 5.83. The molecule has 0 bridgehead atoms. The van der Waals surface area contributed by atoms with Gasteiger partial charge in [0.2, 0.25) is 0 Å². The Balaban J connectivity index is 1.49. The minimum atomic E-state index is -0.0957. The fraction of sp³-hybridized carbons (Fsp3) is 0.304. The first kappa shape index (κ1) is 18.5. The van der Waals surface area contributed by atoms with E-state index in [1.165, 1.54) is 0 Å². The quantitative estimate of drug-likeness (QED) is 0.720. The lowest BCUT2D eigenvalue weighted by molar-refractivity contribution is 0.0727. The maximum atomic E-state index is 13.4. The first-order valence-corrected chi connectivity index (χ1v) is 10.0. The minimum Gasteiger partial charge on any atom is -0.383 e. The summed E-state index contributed by atoms with van der Waals surface area (Å²) < 4.78 is 5.76. The van der Waals surface area contributed by atoms with Crippen molar-refractivity contribution in [2.24, 2.45) is 0 Å². The zero-order valence-electron chi connectivity index (χ0n) is 16.6. The van der Waals surface area contributed by atoms with Crippen molar-refractivity contribution < 1.29 is 9.53 Å². The van der Waals surface area contributed by atoms with Crippen LogP contribution in [0.4, 0.5) is 5.82 Å². The van der Waals surface area contributed by atoms with E-state index in [-0.39, 0.29) is 18.1 Å². The lowest BCUT2D eigenvalue weighted by atomic mass is 10.00. The average Bonchev–Trinajstić information content (AvgIpc) is 3.53. The number of nitrogens with two attached hydrogens (primary N) is 1. The summed E-state index contributed by atoms with van der Waals surface area (Å²) in [7, 11) is 0. The van der Waals surface area contributed by atoms with Crippen molar-refractivity contribution in [1.29, 1.82) is 5.26 Å². The van der Waals surface area contributed by atoms with Gasteiger partial charge < -0.3 is 15.4 Å². The fourth-order valence-corrected chi connectivity index (χ4v) is 4.08. The van der Waals surface area contributed by atoms with E-state index >= 15 is 0 Å². The molecule has 0 radical (unpaired) electrons. The van der Waals surface area contributed by atoms with Crippen LogP contribution in [-0.2, 0) is 17.9 Å². The molecule has 1 saturated carbocycles. The molecule has 1 aliphatic carbocycles. The maximum Gasteiger partial charge on any atom is 0.254 e. The first-order valence-electron chi connectivity index (χ1n) is 10.0. The summed E-state index contributed by atoms with van der Waals surface area (Å²) in [5.74, 6) is 0.469. The number of pyridine rings is 2. The zero-order valence-corrected chi connectivity index (χ0v) is 16.6. The highest BCUT2D eigenvalue weighted by Crippen LogP contribution is 2.38. The fourth-order valence-electron chi connectivity index (χ4n) is 4.08. The van der Waals surface area contributed by atoms with Crippen LogP contribution in [0.5, 0.6) is 0 Å². The van der Waals surface area contributed by atoms with Crippen molar-refractivity contribution in [1.82, 2.24) is 14.9 Å². The van der Waals surface area contributed by atoms with Crippen LogP contribution >= 0.6 is 0 Å². The second kappa shape index (κ2) is 7.08. The topological polar surface area (TPSA) is 105 Å². The molecule has 2 aromatic heterocycles. The Morgan fingerprint density at radius 1 is 1.33 bits per heavy atom. The van der Waals surface area contributed by atoms with Gasteiger partial charge in [0.1, 0.15) is 11.9 Å². The molecule has 3 heterocycles. The van der Waals surface area contributed by atoms with E-state index in [1.54, 1.807) is 18.3 Å². The van der Waals surface area contributed by atoms with Crippen molar-refractivity contribution in [3.63, 3.8) is 0 Å². The number of hydrogen-bond donors (Lipinski definition) is 1. The average molecular weight is 399 g/mol. The molecule has 7 heteroatoms. The number of ether oxygens (including phenoxy) is 1. The van der Waals surface area contributed by atoms with E-state index in [9.17, 15) is 4.79 Å². The number of carbonyl (C=O) groups excluding carboxylic acids is 1. The molecule has 1 aliphatic heterocycles. The van der Waals surface area contributed by atoms with Gasteiger partial charge in [-0.25, -0.2) is 4.98 Å². The number of amides is 1. The third kappa shape index (κ3) is 3.15. The van der Waals surface area contributed by atoms with E-state index in [4.69, 9.17) is 15.7 Å². The van der Waals surface area contributed by atoms with E-state index < -0.39 is 0 Å². The lowest BCUT2D eigenvalue weighted by Crippen LogP contribution is -2.33. The highest BCUT2D eigenvalue weighted by molar-refractivity contribution is 5.99. The molecule has 7 nitrogen and oxygen atoms in total. The highest BCUT2D eigenvalue weighted by Gasteiger charge is 2.34. The van der Waals surface area contributed by atoms with E-state index in [1.807, 2.05) is 30.0 Å². The molecule has 5 rings (SSSR count). The highest BCUT2D eigenvalue weighted by atomic mass is 16.5. The Morgan fingerprint density at radius 3 is 2.87 bits per heavy atom. The van der Waals surface area contributed by atoms with Crippen molar-refractivity contribution in [3.8, 4) is 6.07 Å². The molecule has 150 valence electrons. The SMILES string of the molecule is C[C@H]1OCc2c1c(N)nc1ccc(C(=O)N(Cc3ccc(C#N)cn3)C3CC3)cc21. The van der Waals surface area contributed by atoms with Gasteiger partial charge in [0.25, 0.3) is 5.91 Å². The number of anilines is 1. The van der Waals surface area contributed by atoms with Crippen molar-refractivity contribution >= 4 is 22.6 Å². The van der Waals surface area contributed by atoms with Crippen LogP contribution in [0.3, 0.4) is 0 Å². The molecule has 30 heavy (non-hydrogen) atoms. The number of fused-ring (bicyclic) bond motifs is 3. The van der Waals surface area contributed by atoms with Crippen LogP contribution in [0.1, 0.15) is 58.6 Å². The Morgan fingerprint density at radius 2 is 2.17 bits per heavy atom. The van der Waals surface area contributed by atoms with Crippen molar-refractivity contribution in [2.75, 3.05) is 5.73 Å². The normalized spacial score (nSPS) is 17.5. The van der Waals surface area contributed by atoms with Gasteiger partial charge in [0.15, 0.2) is 0 Å². The minimum absolute atomic E-state index is 0.0249. The predicted molar refractivity (Wildman–Crippen MR) is 111 cm³/mol. The van der Waals surface area contributed by atoms with Gasteiger partial charge in [0.05, 0.1) is 36.0 Å². The third-order valence-corrected chi connectivity index (χ3v) is 5.83. The van der Waals surface area contributed by atoms with Gasteiger partial charge in [-0.15, -0.1) is 0 Å². The smallest absolute Gasteiger partial charge is 0.254 e. The molecule has 0 unspecified atom stereocenters. The van der Waals surface area contributed by atoms with Crippen LogP contribution in [0, 0.1) is 11.3 Å². The van der Waals surface area contributed by atoms with Crippen LogP contribution in [0.25, 0.3) is 10.9 Å². The number of benzene rings is 1. The van der Waals surface area contributed by atoms with Gasteiger partial charge in [-0.2, -0.15) is 5.26 Å². The van der Waals surface area contributed by atoms with Crippen LogP contribution in [0.15, 0.2) is 36.5 Å². The summed E-state index contributed by atoms with van der Waals surface area (Å²) in [5.41, 5.74) is 10.8. The van der Waals surface area contributed by atoms with Crippen molar-refractivity contribution in [2.45, 2.75) is 45.1 Å². The van der Waals surface area contributed by atoms with E-state index in [0.29, 0.717) is 30.1 Å². The van der Waals surface area contributed by atoms with Gasteiger partial charge in [0, 0.05) is 28.8 Å². The largest absolute Gasteiger partial charge is 0.383 e. The van der Waals surface area contributed by atoms with Crippen molar-refractivity contribution in [3.05, 3.63) is 64.5 Å². The molecule has 1 amide bonds. The van der Waals surface area contributed by atoms with Gasteiger partial charge >= 0.3 is 0 Å².